The van der Waals surface area contributed by atoms with Crippen molar-refractivity contribution in [2.75, 3.05) is 6.26 Å². The van der Waals surface area contributed by atoms with Crippen molar-refractivity contribution in [3.63, 3.8) is 0 Å². The third-order valence-electron chi connectivity index (χ3n) is 3.87. The minimum Gasteiger partial charge on any atom is -0.434 e. The maximum absolute atomic E-state index is 12.6. The SMILES string of the molecule is CCC(NC(=O)c1ccc(CS(C)(=O)=O)cc1)c1ccccc1OC(F)F. The fourth-order valence-corrected chi connectivity index (χ4v) is 3.47. The van der Waals surface area contributed by atoms with E-state index in [0.717, 1.165) is 6.26 Å². The third kappa shape index (κ3) is 6.32. The Kier molecular flexibility index (Phi) is 6.90. The van der Waals surface area contributed by atoms with Crippen molar-refractivity contribution >= 4 is 15.7 Å². The molecular weight excluding hydrogens is 376 g/mol. The number of ether oxygens (including phenoxy) is 1. The fraction of sp³-hybridized carbons (Fsp3) is 0.316. The lowest BCUT2D eigenvalue weighted by molar-refractivity contribution is -0.0506. The summed E-state index contributed by atoms with van der Waals surface area (Å²) in [4.78, 5) is 12.5. The second-order valence-corrected chi connectivity index (χ2v) is 8.26. The van der Waals surface area contributed by atoms with E-state index < -0.39 is 22.5 Å². The molecule has 1 atom stereocenters. The number of benzene rings is 2. The number of amides is 1. The summed E-state index contributed by atoms with van der Waals surface area (Å²) in [5, 5.41) is 2.80. The van der Waals surface area contributed by atoms with Crippen molar-refractivity contribution in [3.8, 4) is 5.75 Å². The normalized spacial score (nSPS) is 12.6. The highest BCUT2D eigenvalue weighted by atomic mass is 32.2. The molecule has 27 heavy (non-hydrogen) atoms. The summed E-state index contributed by atoms with van der Waals surface area (Å²) < 4.78 is 52.4. The Bertz CT molecular complexity index is 883. The van der Waals surface area contributed by atoms with E-state index in [0.29, 0.717) is 23.1 Å². The van der Waals surface area contributed by atoms with Crippen LogP contribution in [0.15, 0.2) is 48.5 Å². The Hall–Kier alpha value is -2.48. The van der Waals surface area contributed by atoms with Crippen LogP contribution < -0.4 is 10.1 Å². The van der Waals surface area contributed by atoms with Gasteiger partial charge >= 0.3 is 6.61 Å². The molecule has 0 aliphatic heterocycles. The number of para-hydroxylation sites is 1. The van der Waals surface area contributed by atoms with Crippen molar-refractivity contribution in [2.45, 2.75) is 31.8 Å². The molecule has 0 spiro atoms. The predicted molar refractivity (Wildman–Crippen MR) is 98.6 cm³/mol. The summed E-state index contributed by atoms with van der Waals surface area (Å²) in [6, 6.07) is 12.0. The highest BCUT2D eigenvalue weighted by molar-refractivity contribution is 7.89. The molecule has 5 nitrogen and oxygen atoms in total. The predicted octanol–water partition coefficient (Wildman–Crippen LogP) is 3.71. The molecule has 0 heterocycles. The average Bonchev–Trinajstić information content (AvgIpc) is 2.59. The zero-order valence-corrected chi connectivity index (χ0v) is 15.8. The summed E-state index contributed by atoms with van der Waals surface area (Å²) in [5.41, 5.74) is 1.39. The Morgan fingerprint density at radius 3 is 2.30 bits per heavy atom. The van der Waals surface area contributed by atoms with Gasteiger partial charge in [0.2, 0.25) is 0 Å². The van der Waals surface area contributed by atoms with Crippen LogP contribution in [-0.4, -0.2) is 27.2 Å². The lowest BCUT2D eigenvalue weighted by Crippen LogP contribution is -2.28. The number of sulfone groups is 1. The molecule has 1 N–H and O–H groups in total. The smallest absolute Gasteiger partial charge is 0.387 e. The number of halogens is 2. The first kappa shape index (κ1) is 20.8. The summed E-state index contributed by atoms with van der Waals surface area (Å²) in [6.07, 6.45) is 1.61. The van der Waals surface area contributed by atoms with Crippen molar-refractivity contribution in [2.24, 2.45) is 0 Å². The van der Waals surface area contributed by atoms with Gasteiger partial charge < -0.3 is 10.1 Å². The van der Waals surface area contributed by atoms with Crippen LogP contribution in [-0.2, 0) is 15.6 Å². The van der Waals surface area contributed by atoms with E-state index in [9.17, 15) is 22.0 Å². The number of nitrogens with one attached hydrogen (secondary N) is 1. The molecule has 1 unspecified atom stereocenters. The van der Waals surface area contributed by atoms with Crippen LogP contribution in [0.2, 0.25) is 0 Å². The summed E-state index contributed by atoms with van der Waals surface area (Å²) >= 11 is 0. The number of rotatable bonds is 8. The highest BCUT2D eigenvalue weighted by Gasteiger charge is 2.19. The summed E-state index contributed by atoms with van der Waals surface area (Å²) in [5.74, 6) is -0.479. The quantitative estimate of drug-likeness (QED) is 0.737. The molecule has 0 aliphatic rings. The van der Waals surface area contributed by atoms with E-state index in [1.807, 2.05) is 6.92 Å². The van der Waals surface area contributed by atoms with Gasteiger partial charge in [0, 0.05) is 17.4 Å². The van der Waals surface area contributed by atoms with Crippen molar-refractivity contribution in [1.82, 2.24) is 5.32 Å². The van der Waals surface area contributed by atoms with Gasteiger partial charge in [-0.05, 0) is 30.2 Å². The van der Waals surface area contributed by atoms with Gasteiger partial charge in [-0.15, -0.1) is 0 Å². The summed E-state index contributed by atoms with van der Waals surface area (Å²) in [6.45, 7) is -1.14. The molecule has 2 aromatic carbocycles. The van der Waals surface area contributed by atoms with Crippen LogP contribution in [0.4, 0.5) is 8.78 Å². The number of carbonyl (C=O) groups is 1. The van der Waals surface area contributed by atoms with Gasteiger partial charge in [0.1, 0.15) is 5.75 Å². The maximum atomic E-state index is 12.6. The van der Waals surface area contributed by atoms with Gasteiger partial charge in [-0.3, -0.25) is 4.79 Å². The van der Waals surface area contributed by atoms with Crippen LogP contribution in [0.1, 0.15) is 40.9 Å². The van der Waals surface area contributed by atoms with E-state index in [2.05, 4.69) is 10.1 Å². The largest absolute Gasteiger partial charge is 0.434 e. The molecule has 0 fully saturated rings. The van der Waals surface area contributed by atoms with Crippen LogP contribution in [0, 0.1) is 0 Å². The number of alkyl halides is 2. The Balaban J connectivity index is 2.16. The number of carbonyl (C=O) groups excluding carboxylic acids is 1. The van der Waals surface area contributed by atoms with Gasteiger partial charge in [-0.2, -0.15) is 8.78 Å². The fourth-order valence-electron chi connectivity index (χ4n) is 2.67. The van der Waals surface area contributed by atoms with Gasteiger partial charge in [0.05, 0.1) is 11.8 Å². The zero-order chi connectivity index (χ0) is 20.0. The molecule has 2 rings (SSSR count). The Labute approximate surface area is 157 Å². The second kappa shape index (κ2) is 8.94. The van der Waals surface area contributed by atoms with E-state index in [4.69, 9.17) is 0 Å². The highest BCUT2D eigenvalue weighted by Crippen LogP contribution is 2.28. The van der Waals surface area contributed by atoms with E-state index in [-0.39, 0.29) is 17.4 Å². The minimum absolute atomic E-state index is 0.0168. The van der Waals surface area contributed by atoms with Gasteiger partial charge in [0.25, 0.3) is 5.91 Å². The van der Waals surface area contributed by atoms with Crippen molar-refractivity contribution < 1.29 is 26.7 Å². The minimum atomic E-state index is -3.16. The average molecular weight is 397 g/mol. The monoisotopic (exact) mass is 397 g/mol. The Morgan fingerprint density at radius 2 is 1.74 bits per heavy atom. The van der Waals surface area contributed by atoms with E-state index in [1.54, 1.807) is 30.3 Å². The number of hydrogen-bond donors (Lipinski definition) is 1. The Morgan fingerprint density at radius 1 is 1.11 bits per heavy atom. The maximum Gasteiger partial charge on any atom is 0.387 e. The van der Waals surface area contributed by atoms with Crippen molar-refractivity contribution in [1.29, 1.82) is 0 Å². The molecule has 8 heteroatoms. The summed E-state index contributed by atoms with van der Waals surface area (Å²) in [7, 11) is -3.16. The number of hydrogen-bond acceptors (Lipinski definition) is 4. The van der Waals surface area contributed by atoms with E-state index >= 15 is 0 Å². The lowest BCUT2D eigenvalue weighted by Gasteiger charge is -2.20. The molecule has 0 aromatic heterocycles. The second-order valence-electron chi connectivity index (χ2n) is 6.12. The molecular formula is C19H21F2NO4S. The van der Waals surface area contributed by atoms with Gasteiger partial charge in [0.15, 0.2) is 9.84 Å². The van der Waals surface area contributed by atoms with E-state index in [1.165, 1.54) is 18.2 Å². The molecule has 0 radical (unpaired) electrons. The molecule has 2 aromatic rings. The standard InChI is InChI=1S/C19H21F2NO4S/c1-3-16(15-6-4-5-7-17(15)26-19(20)21)22-18(23)14-10-8-13(9-11-14)12-27(2,24)25/h4-11,16,19H,3,12H2,1-2H3,(H,22,23). The van der Waals surface area contributed by atoms with Crippen LogP contribution in [0.5, 0.6) is 5.75 Å². The molecule has 1 amide bonds. The van der Waals surface area contributed by atoms with Crippen molar-refractivity contribution in [3.05, 3.63) is 65.2 Å². The van der Waals surface area contributed by atoms with Crippen LogP contribution in [0.3, 0.4) is 0 Å². The lowest BCUT2D eigenvalue weighted by atomic mass is 10.0. The first-order valence-electron chi connectivity index (χ1n) is 8.31. The molecule has 146 valence electrons. The first-order valence-corrected chi connectivity index (χ1v) is 10.4. The molecule has 0 saturated carbocycles. The van der Waals surface area contributed by atoms with Crippen LogP contribution >= 0.6 is 0 Å². The van der Waals surface area contributed by atoms with Gasteiger partial charge in [-0.25, -0.2) is 8.42 Å². The molecule has 0 saturated heterocycles. The van der Waals surface area contributed by atoms with Gasteiger partial charge in [-0.1, -0.05) is 37.3 Å². The zero-order valence-electron chi connectivity index (χ0n) is 15.0. The first-order chi connectivity index (χ1) is 12.7. The van der Waals surface area contributed by atoms with Crippen LogP contribution in [0.25, 0.3) is 0 Å². The molecule has 0 aliphatic carbocycles. The topological polar surface area (TPSA) is 72.5 Å². The third-order valence-corrected chi connectivity index (χ3v) is 4.73. The molecule has 0 bridgehead atoms.